The number of nitro benzene ring substituents is 1. The predicted molar refractivity (Wildman–Crippen MR) is 63.7 cm³/mol. The number of hydrogen-bond acceptors (Lipinski definition) is 4. The molecule has 1 aromatic carbocycles. The minimum absolute atomic E-state index is 0.126. The average Bonchev–Trinajstić information content (AvgIpc) is 3.08. The van der Waals surface area contributed by atoms with Gasteiger partial charge >= 0.3 is 0 Å². The third kappa shape index (κ3) is 2.62. The highest BCUT2D eigenvalue weighted by molar-refractivity contribution is 5.42. The first-order valence-electron chi connectivity index (χ1n) is 5.66. The molecule has 1 aliphatic carbocycles. The zero-order valence-corrected chi connectivity index (χ0v) is 9.77. The summed E-state index contributed by atoms with van der Waals surface area (Å²) in [5, 5.41) is 23.2. The number of rotatable bonds is 5. The quantitative estimate of drug-likeness (QED) is 0.600. The fourth-order valence-electron chi connectivity index (χ4n) is 1.79. The molecule has 1 fully saturated rings. The Morgan fingerprint density at radius 3 is 2.76 bits per heavy atom. The van der Waals surface area contributed by atoms with Gasteiger partial charge in [0, 0.05) is 23.7 Å². The van der Waals surface area contributed by atoms with Crippen molar-refractivity contribution in [2.45, 2.75) is 31.8 Å². The molecule has 5 nitrogen and oxygen atoms in total. The summed E-state index contributed by atoms with van der Waals surface area (Å²) in [6, 6.07) is 5.23. The maximum absolute atomic E-state index is 10.8. The number of aryl methyl sites for hydroxylation is 1. The number of benzene rings is 1. The van der Waals surface area contributed by atoms with Gasteiger partial charge in [0.25, 0.3) is 5.69 Å². The topological polar surface area (TPSA) is 75.4 Å². The van der Waals surface area contributed by atoms with E-state index in [1.54, 1.807) is 19.1 Å². The molecule has 2 N–H and O–H groups in total. The van der Waals surface area contributed by atoms with E-state index < -0.39 is 0 Å². The van der Waals surface area contributed by atoms with Gasteiger partial charge < -0.3 is 10.4 Å². The van der Waals surface area contributed by atoms with Crippen molar-refractivity contribution in [3.8, 4) is 0 Å². The van der Waals surface area contributed by atoms with Crippen LogP contribution in [0, 0.1) is 17.0 Å². The Morgan fingerprint density at radius 2 is 2.24 bits per heavy atom. The van der Waals surface area contributed by atoms with Gasteiger partial charge in [-0.2, -0.15) is 0 Å². The van der Waals surface area contributed by atoms with Gasteiger partial charge in [0.05, 0.1) is 11.5 Å². The van der Waals surface area contributed by atoms with Crippen LogP contribution >= 0.6 is 0 Å². The molecule has 0 heterocycles. The number of hydrogen-bond donors (Lipinski definition) is 2. The molecule has 1 aromatic rings. The highest BCUT2D eigenvalue weighted by Crippen LogP contribution is 2.35. The van der Waals surface area contributed by atoms with E-state index in [1.807, 2.05) is 6.07 Å². The average molecular weight is 236 g/mol. The van der Waals surface area contributed by atoms with Crippen molar-refractivity contribution in [3.05, 3.63) is 39.4 Å². The SMILES string of the molecule is Cc1ccc(CNC2(CO)CC2)cc1[N+](=O)[O-]. The molecule has 0 saturated heterocycles. The molecule has 0 radical (unpaired) electrons. The van der Waals surface area contributed by atoms with Gasteiger partial charge in [-0.3, -0.25) is 10.1 Å². The van der Waals surface area contributed by atoms with Crippen LogP contribution in [-0.4, -0.2) is 22.2 Å². The summed E-state index contributed by atoms with van der Waals surface area (Å²) >= 11 is 0. The van der Waals surface area contributed by atoms with E-state index in [2.05, 4.69) is 5.32 Å². The number of nitrogens with zero attached hydrogens (tertiary/aromatic N) is 1. The van der Waals surface area contributed by atoms with E-state index in [0.29, 0.717) is 12.1 Å². The van der Waals surface area contributed by atoms with Crippen molar-refractivity contribution in [1.82, 2.24) is 5.32 Å². The van der Waals surface area contributed by atoms with Crippen molar-refractivity contribution in [3.63, 3.8) is 0 Å². The van der Waals surface area contributed by atoms with E-state index in [0.717, 1.165) is 18.4 Å². The van der Waals surface area contributed by atoms with Crippen molar-refractivity contribution >= 4 is 5.69 Å². The molecule has 0 atom stereocenters. The van der Waals surface area contributed by atoms with Crippen LogP contribution in [0.15, 0.2) is 18.2 Å². The van der Waals surface area contributed by atoms with Gasteiger partial charge in [-0.15, -0.1) is 0 Å². The zero-order valence-electron chi connectivity index (χ0n) is 9.77. The molecular weight excluding hydrogens is 220 g/mol. The summed E-state index contributed by atoms with van der Waals surface area (Å²) in [6.45, 7) is 2.41. The summed E-state index contributed by atoms with van der Waals surface area (Å²) in [4.78, 5) is 10.4. The molecule has 0 bridgehead atoms. The van der Waals surface area contributed by atoms with Crippen molar-refractivity contribution in [2.75, 3.05) is 6.61 Å². The second kappa shape index (κ2) is 4.43. The van der Waals surface area contributed by atoms with Crippen molar-refractivity contribution in [1.29, 1.82) is 0 Å². The largest absolute Gasteiger partial charge is 0.394 e. The number of aliphatic hydroxyl groups excluding tert-OH is 1. The number of nitrogens with one attached hydrogen (secondary N) is 1. The van der Waals surface area contributed by atoms with Crippen LogP contribution in [0.25, 0.3) is 0 Å². The molecule has 1 saturated carbocycles. The Balaban J connectivity index is 2.06. The van der Waals surface area contributed by atoms with Crippen LogP contribution in [0.5, 0.6) is 0 Å². The van der Waals surface area contributed by atoms with Crippen LogP contribution in [0.2, 0.25) is 0 Å². The molecule has 5 heteroatoms. The summed E-state index contributed by atoms with van der Waals surface area (Å²) in [5.41, 5.74) is 1.56. The molecule has 0 unspecified atom stereocenters. The van der Waals surface area contributed by atoms with Gasteiger partial charge in [-0.25, -0.2) is 0 Å². The van der Waals surface area contributed by atoms with Gasteiger partial charge in [-0.05, 0) is 25.3 Å². The lowest BCUT2D eigenvalue weighted by molar-refractivity contribution is -0.385. The summed E-state index contributed by atoms with van der Waals surface area (Å²) in [5.74, 6) is 0. The molecule has 0 spiro atoms. The van der Waals surface area contributed by atoms with Crippen molar-refractivity contribution < 1.29 is 10.0 Å². The van der Waals surface area contributed by atoms with E-state index in [1.165, 1.54) is 0 Å². The number of aliphatic hydroxyl groups is 1. The lowest BCUT2D eigenvalue weighted by atomic mass is 10.1. The van der Waals surface area contributed by atoms with E-state index >= 15 is 0 Å². The lowest BCUT2D eigenvalue weighted by Gasteiger charge is -2.14. The maximum Gasteiger partial charge on any atom is 0.272 e. The first kappa shape index (κ1) is 12.0. The normalized spacial score (nSPS) is 16.8. The molecular formula is C12H16N2O3. The summed E-state index contributed by atoms with van der Waals surface area (Å²) < 4.78 is 0. The van der Waals surface area contributed by atoms with Gasteiger partial charge in [0.2, 0.25) is 0 Å². The molecule has 0 aromatic heterocycles. The Labute approximate surface area is 99.6 Å². The number of nitro groups is 1. The molecule has 2 rings (SSSR count). The monoisotopic (exact) mass is 236 g/mol. The fraction of sp³-hybridized carbons (Fsp3) is 0.500. The van der Waals surface area contributed by atoms with Crippen LogP contribution < -0.4 is 5.32 Å². The smallest absolute Gasteiger partial charge is 0.272 e. The second-order valence-electron chi connectivity index (χ2n) is 4.67. The third-order valence-electron chi connectivity index (χ3n) is 3.29. The second-order valence-corrected chi connectivity index (χ2v) is 4.67. The molecule has 1 aliphatic rings. The minimum atomic E-state index is -0.363. The first-order valence-corrected chi connectivity index (χ1v) is 5.66. The molecule has 92 valence electrons. The Morgan fingerprint density at radius 1 is 1.53 bits per heavy atom. The standard InChI is InChI=1S/C12H16N2O3/c1-9-2-3-10(6-11(9)14(16)17)7-13-12(8-15)4-5-12/h2-3,6,13,15H,4-5,7-8H2,1H3. The van der Waals surface area contributed by atoms with E-state index in [9.17, 15) is 10.1 Å². The third-order valence-corrected chi connectivity index (χ3v) is 3.29. The van der Waals surface area contributed by atoms with Crippen LogP contribution in [0.3, 0.4) is 0 Å². The predicted octanol–water partition coefficient (Wildman–Crippen LogP) is 1.52. The van der Waals surface area contributed by atoms with Crippen LogP contribution in [-0.2, 0) is 6.54 Å². The Bertz CT molecular complexity index is 441. The Kier molecular flexibility index (Phi) is 3.13. The highest BCUT2D eigenvalue weighted by Gasteiger charge is 2.41. The molecule has 0 amide bonds. The van der Waals surface area contributed by atoms with Gasteiger partial charge in [-0.1, -0.05) is 12.1 Å². The van der Waals surface area contributed by atoms with Crippen molar-refractivity contribution in [2.24, 2.45) is 0 Å². The maximum atomic E-state index is 10.8. The van der Waals surface area contributed by atoms with E-state index in [-0.39, 0.29) is 22.8 Å². The molecule has 17 heavy (non-hydrogen) atoms. The van der Waals surface area contributed by atoms with Gasteiger partial charge in [0.1, 0.15) is 0 Å². The minimum Gasteiger partial charge on any atom is -0.394 e. The summed E-state index contributed by atoms with van der Waals surface area (Å²) in [6.07, 6.45) is 1.94. The Hall–Kier alpha value is -1.46. The molecule has 0 aliphatic heterocycles. The highest BCUT2D eigenvalue weighted by atomic mass is 16.6. The summed E-state index contributed by atoms with van der Waals surface area (Å²) in [7, 11) is 0. The lowest BCUT2D eigenvalue weighted by Crippen LogP contribution is -2.34. The van der Waals surface area contributed by atoms with E-state index in [4.69, 9.17) is 5.11 Å². The first-order chi connectivity index (χ1) is 8.06. The van der Waals surface area contributed by atoms with Gasteiger partial charge in [0.15, 0.2) is 0 Å². The zero-order chi connectivity index (χ0) is 12.5. The van der Waals surface area contributed by atoms with Crippen LogP contribution in [0.4, 0.5) is 5.69 Å². The fourth-order valence-corrected chi connectivity index (χ4v) is 1.79. The van der Waals surface area contributed by atoms with Crippen LogP contribution in [0.1, 0.15) is 24.0 Å².